The predicted octanol–water partition coefficient (Wildman–Crippen LogP) is 4.05. The van der Waals surface area contributed by atoms with Crippen LogP contribution in [0.4, 0.5) is 24.8 Å². The van der Waals surface area contributed by atoms with Gasteiger partial charge in [-0.2, -0.15) is 13.2 Å². The molecule has 3 aromatic heterocycles. The molecule has 7 nitrogen and oxygen atoms in total. The minimum absolute atomic E-state index is 0.110. The van der Waals surface area contributed by atoms with Crippen LogP contribution in [0.25, 0.3) is 16.9 Å². The Labute approximate surface area is 167 Å². The smallest absolute Gasteiger partial charge is 0.382 e. The zero-order valence-electron chi connectivity index (χ0n) is 14.7. The number of nitrogen functional groups attached to an aromatic ring is 1. The molecule has 0 amide bonds. The molecule has 1 aromatic carbocycles. The average molecular weight is 420 g/mol. The van der Waals surface area contributed by atoms with Crippen LogP contribution < -0.4 is 11.1 Å². The highest BCUT2D eigenvalue weighted by atomic mass is 35.5. The molecule has 4 rings (SSSR count). The molecule has 0 bridgehead atoms. The number of hydrogen-bond acceptors (Lipinski definition) is 6. The van der Waals surface area contributed by atoms with E-state index in [0.717, 1.165) is 6.07 Å². The molecule has 0 saturated carbocycles. The van der Waals surface area contributed by atoms with Gasteiger partial charge in [0.15, 0.2) is 11.5 Å². The lowest BCUT2D eigenvalue weighted by molar-refractivity contribution is -0.137. The molecule has 4 aromatic rings. The fourth-order valence-corrected chi connectivity index (χ4v) is 3.06. The fraction of sp³-hybridized carbons (Fsp3) is 0.111. The van der Waals surface area contributed by atoms with Crippen molar-refractivity contribution in [2.75, 3.05) is 11.1 Å². The van der Waals surface area contributed by atoms with Crippen molar-refractivity contribution in [3.8, 4) is 11.3 Å². The molecule has 29 heavy (non-hydrogen) atoms. The zero-order chi connectivity index (χ0) is 20.6. The number of nitrogens with zero attached hydrogens (tertiary/aromatic N) is 5. The first-order valence-corrected chi connectivity index (χ1v) is 8.71. The minimum Gasteiger partial charge on any atom is -0.382 e. The second-order valence-corrected chi connectivity index (χ2v) is 6.51. The van der Waals surface area contributed by atoms with Gasteiger partial charge in [-0.3, -0.25) is 0 Å². The summed E-state index contributed by atoms with van der Waals surface area (Å²) in [5.41, 5.74) is 7.08. The summed E-state index contributed by atoms with van der Waals surface area (Å²) in [5.74, 6) is 0.661. The van der Waals surface area contributed by atoms with Crippen molar-refractivity contribution in [1.29, 1.82) is 0 Å². The Morgan fingerprint density at radius 2 is 1.97 bits per heavy atom. The lowest BCUT2D eigenvalue weighted by atomic mass is 10.1. The molecule has 0 aliphatic rings. The van der Waals surface area contributed by atoms with Gasteiger partial charge in [-0.15, -0.1) is 5.10 Å². The van der Waals surface area contributed by atoms with Crippen molar-refractivity contribution >= 4 is 28.9 Å². The van der Waals surface area contributed by atoms with E-state index >= 15 is 0 Å². The molecule has 0 saturated heterocycles. The summed E-state index contributed by atoms with van der Waals surface area (Å²) in [5, 5.41) is 6.82. The Morgan fingerprint density at radius 1 is 1.14 bits per heavy atom. The zero-order valence-corrected chi connectivity index (χ0v) is 15.4. The summed E-state index contributed by atoms with van der Waals surface area (Å²) < 4.78 is 40.6. The van der Waals surface area contributed by atoms with Crippen molar-refractivity contribution < 1.29 is 13.2 Å². The first-order valence-electron chi connectivity index (χ1n) is 8.33. The van der Waals surface area contributed by atoms with Crippen LogP contribution in [0.1, 0.15) is 11.1 Å². The second kappa shape index (κ2) is 7.21. The lowest BCUT2D eigenvalue weighted by Gasteiger charge is -2.12. The summed E-state index contributed by atoms with van der Waals surface area (Å²) in [6.07, 6.45) is 0.121. The Hall–Kier alpha value is -3.40. The Bertz CT molecular complexity index is 1190. The molecule has 3 N–H and O–H groups in total. The van der Waals surface area contributed by atoms with Crippen LogP contribution >= 0.6 is 11.6 Å². The monoisotopic (exact) mass is 419 g/mol. The van der Waals surface area contributed by atoms with Crippen molar-refractivity contribution in [3.05, 3.63) is 65.2 Å². The number of halogens is 4. The van der Waals surface area contributed by atoms with Crippen molar-refractivity contribution in [2.24, 2.45) is 0 Å². The third-order valence-electron chi connectivity index (χ3n) is 4.16. The van der Waals surface area contributed by atoms with Crippen LogP contribution in [0.15, 0.2) is 49.1 Å². The van der Waals surface area contributed by atoms with Gasteiger partial charge in [-0.25, -0.2) is 19.5 Å². The van der Waals surface area contributed by atoms with Gasteiger partial charge in [0.25, 0.3) is 0 Å². The summed E-state index contributed by atoms with van der Waals surface area (Å²) >= 11 is 5.65. The molecular formula is C18H13ClF3N7. The molecule has 148 valence electrons. The maximum atomic E-state index is 13.0. The molecule has 0 aliphatic heterocycles. The van der Waals surface area contributed by atoms with Crippen molar-refractivity contribution in [3.63, 3.8) is 0 Å². The van der Waals surface area contributed by atoms with Gasteiger partial charge in [-0.05, 0) is 23.8 Å². The van der Waals surface area contributed by atoms with Crippen LogP contribution in [-0.4, -0.2) is 24.6 Å². The normalized spacial score (nSPS) is 11.7. The number of aromatic nitrogens is 5. The third-order valence-corrected chi connectivity index (χ3v) is 4.48. The van der Waals surface area contributed by atoms with Gasteiger partial charge in [0.05, 0.1) is 21.8 Å². The Morgan fingerprint density at radius 3 is 2.76 bits per heavy atom. The quantitative estimate of drug-likeness (QED) is 0.518. The third kappa shape index (κ3) is 3.79. The highest BCUT2D eigenvalue weighted by molar-refractivity contribution is 6.31. The second-order valence-electron chi connectivity index (χ2n) is 6.10. The molecule has 0 atom stereocenters. The first kappa shape index (κ1) is 18.9. The highest BCUT2D eigenvalue weighted by Crippen LogP contribution is 2.35. The number of hydrogen-bond donors (Lipinski definition) is 2. The van der Waals surface area contributed by atoms with Crippen LogP contribution in [0.3, 0.4) is 0 Å². The molecule has 3 heterocycles. The topological polar surface area (TPSA) is 94.0 Å². The van der Waals surface area contributed by atoms with E-state index in [4.69, 9.17) is 17.3 Å². The molecule has 11 heteroatoms. The van der Waals surface area contributed by atoms with Crippen molar-refractivity contribution in [2.45, 2.75) is 12.7 Å². The van der Waals surface area contributed by atoms with E-state index in [2.05, 4.69) is 25.4 Å². The average Bonchev–Trinajstić information content (AvgIpc) is 3.02. The van der Waals surface area contributed by atoms with E-state index < -0.39 is 11.7 Å². The van der Waals surface area contributed by atoms with E-state index in [1.54, 1.807) is 24.5 Å². The summed E-state index contributed by atoms with van der Waals surface area (Å²) in [6, 6.07) is 7.09. The minimum atomic E-state index is -4.52. The molecule has 0 aliphatic carbocycles. The van der Waals surface area contributed by atoms with Gasteiger partial charge in [0.1, 0.15) is 12.1 Å². The van der Waals surface area contributed by atoms with Crippen LogP contribution in [0.2, 0.25) is 5.02 Å². The lowest BCUT2D eigenvalue weighted by Crippen LogP contribution is -2.08. The first-order chi connectivity index (χ1) is 13.8. The molecule has 0 radical (unpaired) electrons. The number of rotatable bonds is 4. The Balaban J connectivity index is 1.60. The fourth-order valence-electron chi connectivity index (χ4n) is 2.83. The Kier molecular flexibility index (Phi) is 4.71. The summed E-state index contributed by atoms with van der Waals surface area (Å²) in [4.78, 5) is 12.6. The van der Waals surface area contributed by atoms with E-state index in [1.807, 2.05) is 0 Å². The van der Waals surface area contributed by atoms with Crippen LogP contribution in [0, 0.1) is 0 Å². The van der Waals surface area contributed by atoms with E-state index in [-0.39, 0.29) is 17.4 Å². The standard InChI is InChI=1S/C18H13ClF3N7/c19-12-3-2-10(6-11(12)18(20,21)22)8-25-14-7-13(26-9-27-14)15-16(23)28-29-5-1-4-24-17(15)29/h1-7,9H,8H2,(H2,23,28)(H,25,26,27). The number of fused-ring (bicyclic) bond motifs is 1. The molecule has 0 unspecified atom stereocenters. The van der Waals surface area contributed by atoms with E-state index in [0.29, 0.717) is 28.3 Å². The SMILES string of the molecule is Nc1nn2cccnc2c1-c1cc(NCc2ccc(Cl)c(C(F)(F)F)c2)ncn1. The molecule has 0 fully saturated rings. The number of nitrogens with two attached hydrogens (primary N) is 1. The maximum Gasteiger partial charge on any atom is 0.417 e. The molecule has 0 spiro atoms. The van der Waals surface area contributed by atoms with Crippen LogP contribution in [0.5, 0.6) is 0 Å². The predicted molar refractivity (Wildman–Crippen MR) is 102 cm³/mol. The largest absolute Gasteiger partial charge is 0.417 e. The van der Waals surface area contributed by atoms with Gasteiger partial charge >= 0.3 is 6.18 Å². The van der Waals surface area contributed by atoms with Gasteiger partial charge in [0, 0.05) is 25.0 Å². The van der Waals surface area contributed by atoms with Gasteiger partial charge in [-0.1, -0.05) is 17.7 Å². The van der Waals surface area contributed by atoms with Gasteiger partial charge in [0.2, 0.25) is 0 Å². The van der Waals surface area contributed by atoms with E-state index in [1.165, 1.54) is 23.0 Å². The van der Waals surface area contributed by atoms with Gasteiger partial charge < -0.3 is 11.1 Å². The summed E-state index contributed by atoms with van der Waals surface area (Å²) in [7, 11) is 0. The van der Waals surface area contributed by atoms with E-state index in [9.17, 15) is 13.2 Å². The number of benzene rings is 1. The number of anilines is 2. The number of alkyl halides is 3. The van der Waals surface area contributed by atoms with Crippen molar-refractivity contribution in [1.82, 2.24) is 24.6 Å². The highest BCUT2D eigenvalue weighted by Gasteiger charge is 2.33. The van der Waals surface area contributed by atoms with Crippen LogP contribution in [-0.2, 0) is 12.7 Å². The summed E-state index contributed by atoms with van der Waals surface area (Å²) in [6.45, 7) is 0.110. The molecular weight excluding hydrogens is 407 g/mol. The maximum absolute atomic E-state index is 13.0. The number of nitrogens with one attached hydrogen (secondary N) is 1.